The maximum atomic E-state index is 6.07. The number of likely N-dealkylation sites (tertiary alicyclic amines) is 1. The Bertz CT molecular complexity index is 593. The van der Waals surface area contributed by atoms with Gasteiger partial charge in [-0.2, -0.15) is 0 Å². The van der Waals surface area contributed by atoms with Gasteiger partial charge in [-0.3, -0.25) is 0 Å². The van der Waals surface area contributed by atoms with Gasteiger partial charge < -0.3 is 9.64 Å². The molecule has 1 heterocycles. The molecule has 0 amide bonds. The molecular formula is C25H37NO. The van der Waals surface area contributed by atoms with Gasteiger partial charge in [0.2, 0.25) is 0 Å². The van der Waals surface area contributed by atoms with Crippen molar-refractivity contribution in [2.24, 2.45) is 23.7 Å². The summed E-state index contributed by atoms with van der Waals surface area (Å²) in [5.74, 6) is 5.04. The van der Waals surface area contributed by atoms with E-state index < -0.39 is 0 Å². The third-order valence-corrected chi connectivity index (χ3v) is 8.27. The van der Waals surface area contributed by atoms with Crippen molar-refractivity contribution in [3.63, 3.8) is 0 Å². The van der Waals surface area contributed by atoms with Crippen molar-refractivity contribution < 1.29 is 4.74 Å². The van der Waals surface area contributed by atoms with Crippen LogP contribution in [-0.2, 0) is 5.41 Å². The van der Waals surface area contributed by atoms with E-state index >= 15 is 0 Å². The summed E-state index contributed by atoms with van der Waals surface area (Å²) >= 11 is 0. The van der Waals surface area contributed by atoms with Gasteiger partial charge in [-0.25, -0.2) is 0 Å². The Kier molecular flexibility index (Phi) is 4.96. The molecule has 0 radical (unpaired) electrons. The van der Waals surface area contributed by atoms with Gasteiger partial charge in [0.25, 0.3) is 0 Å². The van der Waals surface area contributed by atoms with E-state index in [1.165, 1.54) is 71.0 Å². The lowest BCUT2D eigenvalue weighted by molar-refractivity contribution is -0.00520. The summed E-state index contributed by atoms with van der Waals surface area (Å²) in [5.41, 5.74) is 2.12. The Labute approximate surface area is 165 Å². The Morgan fingerprint density at radius 2 is 1.52 bits per heavy atom. The van der Waals surface area contributed by atoms with Crippen LogP contribution in [0.5, 0.6) is 5.75 Å². The van der Waals surface area contributed by atoms with Gasteiger partial charge in [-0.15, -0.1) is 0 Å². The van der Waals surface area contributed by atoms with Crippen LogP contribution in [-0.4, -0.2) is 31.1 Å². The average molecular weight is 368 g/mol. The fourth-order valence-electron chi connectivity index (χ4n) is 7.13. The molecule has 2 heteroatoms. The monoisotopic (exact) mass is 367 g/mol. The summed E-state index contributed by atoms with van der Waals surface area (Å²) in [4.78, 5) is 2.61. The minimum atomic E-state index is 0.513. The Balaban J connectivity index is 1.12. The lowest BCUT2D eigenvalue weighted by Gasteiger charge is -2.57. The Hall–Kier alpha value is -1.02. The maximum Gasteiger partial charge on any atom is 0.119 e. The molecule has 0 unspecified atom stereocenters. The van der Waals surface area contributed by atoms with Crippen LogP contribution in [0.4, 0.5) is 0 Å². The van der Waals surface area contributed by atoms with Crippen molar-refractivity contribution in [1.82, 2.24) is 4.90 Å². The third-order valence-electron chi connectivity index (χ3n) is 8.27. The molecule has 4 saturated carbocycles. The molecule has 0 aromatic heterocycles. The van der Waals surface area contributed by atoms with Crippen LogP contribution >= 0.6 is 0 Å². The van der Waals surface area contributed by atoms with E-state index in [0.29, 0.717) is 5.41 Å². The van der Waals surface area contributed by atoms with Crippen LogP contribution in [0.15, 0.2) is 24.3 Å². The van der Waals surface area contributed by atoms with E-state index in [4.69, 9.17) is 4.74 Å². The molecule has 1 saturated heterocycles. The molecule has 6 rings (SSSR count). The molecule has 4 bridgehead atoms. The summed E-state index contributed by atoms with van der Waals surface area (Å²) < 4.78 is 6.07. The van der Waals surface area contributed by atoms with Crippen molar-refractivity contribution in [2.45, 2.75) is 70.1 Å². The van der Waals surface area contributed by atoms with E-state index in [0.717, 1.165) is 42.4 Å². The number of benzene rings is 1. The van der Waals surface area contributed by atoms with Crippen molar-refractivity contribution in [3.05, 3.63) is 29.8 Å². The van der Waals surface area contributed by atoms with Gasteiger partial charge >= 0.3 is 0 Å². The molecule has 1 aromatic rings. The second-order valence-electron chi connectivity index (χ2n) is 10.4. The number of piperidine rings is 1. The number of nitrogens with zero attached hydrogens (tertiary/aromatic N) is 1. The zero-order valence-corrected chi connectivity index (χ0v) is 17.2. The molecule has 0 N–H and O–H groups in total. The Morgan fingerprint density at radius 1 is 0.926 bits per heavy atom. The van der Waals surface area contributed by atoms with Crippen molar-refractivity contribution in [3.8, 4) is 5.75 Å². The number of hydrogen-bond donors (Lipinski definition) is 0. The Morgan fingerprint density at radius 3 is 2.11 bits per heavy atom. The fraction of sp³-hybridized carbons (Fsp3) is 0.760. The highest BCUT2D eigenvalue weighted by atomic mass is 16.5. The van der Waals surface area contributed by atoms with Gasteiger partial charge in [0, 0.05) is 6.54 Å². The van der Waals surface area contributed by atoms with E-state index in [9.17, 15) is 0 Å². The topological polar surface area (TPSA) is 12.5 Å². The zero-order valence-electron chi connectivity index (χ0n) is 17.2. The van der Waals surface area contributed by atoms with Gasteiger partial charge in [0.15, 0.2) is 0 Å². The van der Waals surface area contributed by atoms with Gasteiger partial charge in [0.05, 0.1) is 6.61 Å². The van der Waals surface area contributed by atoms with Crippen molar-refractivity contribution in [1.29, 1.82) is 0 Å². The van der Waals surface area contributed by atoms with Crippen LogP contribution in [0.25, 0.3) is 0 Å². The van der Waals surface area contributed by atoms with E-state index in [1.54, 1.807) is 5.56 Å². The smallest absolute Gasteiger partial charge is 0.119 e. The van der Waals surface area contributed by atoms with Gasteiger partial charge in [-0.05, 0) is 118 Å². The second kappa shape index (κ2) is 7.43. The first-order valence-corrected chi connectivity index (χ1v) is 11.6. The molecule has 1 aliphatic heterocycles. The van der Waals surface area contributed by atoms with Crippen LogP contribution in [0.2, 0.25) is 0 Å². The van der Waals surface area contributed by atoms with Crippen molar-refractivity contribution >= 4 is 0 Å². The van der Waals surface area contributed by atoms with Crippen molar-refractivity contribution in [2.75, 3.05) is 26.2 Å². The highest BCUT2D eigenvalue weighted by Crippen LogP contribution is 2.60. The number of rotatable bonds is 6. The van der Waals surface area contributed by atoms with E-state index in [1.807, 2.05) is 0 Å². The molecule has 148 valence electrons. The summed E-state index contributed by atoms with van der Waals surface area (Å²) in [6.45, 7) is 6.98. The lowest BCUT2D eigenvalue weighted by Crippen LogP contribution is -2.48. The van der Waals surface area contributed by atoms with Gasteiger partial charge in [0.1, 0.15) is 5.75 Å². The van der Waals surface area contributed by atoms with Gasteiger partial charge in [-0.1, -0.05) is 19.1 Å². The summed E-state index contributed by atoms with van der Waals surface area (Å²) in [7, 11) is 0. The SMILES string of the molecule is CC1CCN(CCCOc2ccc(C34CC5CC(CC(C5)C3)C4)cc2)CC1. The first kappa shape index (κ1) is 18.0. The predicted molar refractivity (Wildman–Crippen MR) is 111 cm³/mol. The highest BCUT2D eigenvalue weighted by Gasteiger charge is 2.51. The standard InChI is InChI=1S/C25H37NO/c1-19-7-10-26(11-8-19)9-2-12-27-24-5-3-23(4-6-24)25-16-20-13-21(17-25)15-22(14-20)18-25/h3-6,19-22H,2,7-18H2,1H3. The molecule has 4 aliphatic carbocycles. The lowest BCUT2D eigenvalue weighted by atomic mass is 9.48. The maximum absolute atomic E-state index is 6.07. The summed E-state index contributed by atoms with van der Waals surface area (Å²) in [5, 5.41) is 0. The molecular weight excluding hydrogens is 330 g/mol. The largest absolute Gasteiger partial charge is 0.494 e. The van der Waals surface area contributed by atoms with Crippen LogP contribution < -0.4 is 4.74 Å². The fourth-order valence-corrected chi connectivity index (χ4v) is 7.13. The molecule has 2 nitrogen and oxygen atoms in total. The molecule has 5 fully saturated rings. The predicted octanol–water partition coefficient (Wildman–Crippen LogP) is 5.66. The quantitative estimate of drug-likeness (QED) is 0.602. The molecule has 5 aliphatic rings. The number of ether oxygens (including phenoxy) is 1. The van der Waals surface area contributed by atoms with E-state index in [-0.39, 0.29) is 0 Å². The zero-order chi connectivity index (χ0) is 18.3. The average Bonchev–Trinajstić information content (AvgIpc) is 2.66. The van der Waals surface area contributed by atoms with Crippen LogP contribution in [0.1, 0.15) is 70.3 Å². The number of hydrogen-bond acceptors (Lipinski definition) is 2. The molecule has 27 heavy (non-hydrogen) atoms. The highest BCUT2D eigenvalue weighted by molar-refractivity contribution is 5.34. The summed E-state index contributed by atoms with van der Waals surface area (Å²) in [6.07, 6.45) is 12.8. The third kappa shape index (κ3) is 3.79. The van der Waals surface area contributed by atoms with Crippen LogP contribution in [0, 0.1) is 23.7 Å². The molecule has 0 spiro atoms. The van der Waals surface area contributed by atoms with Crippen LogP contribution in [0.3, 0.4) is 0 Å². The first-order valence-electron chi connectivity index (χ1n) is 11.6. The summed E-state index contributed by atoms with van der Waals surface area (Å²) in [6, 6.07) is 9.29. The normalized spacial score (nSPS) is 36.3. The minimum absolute atomic E-state index is 0.513. The molecule has 1 aromatic carbocycles. The van der Waals surface area contributed by atoms with E-state index in [2.05, 4.69) is 36.1 Å². The minimum Gasteiger partial charge on any atom is -0.494 e. The first-order chi connectivity index (χ1) is 13.2. The molecule has 0 atom stereocenters. The second-order valence-corrected chi connectivity index (χ2v) is 10.4.